The summed E-state index contributed by atoms with van der Waals surface area (Å²) in [4.78, 5) is 11.1. The Morgan fingerprint density at radius 3 is 2.47 bits per heavy atom. The summed E-state index contributed by atoms with van der Waals surface area (Å²) in [6.07, 6.45) is 1.37. The first-order valence-electron chi connectivity index (χ1n) is 5.74. The first kappa shape index (κ1) is 13.3. The highest BCUT2D eigenvalue weighted by Crippen LogP contribution is 2.30. The fourth-order valence-corrected chi connectivity index (χ4v) is 1.99. The van der Waals surface area contributed by atoms with Crippen LogP contribution in [0.5, 0.6) is 0 Å². The third-order valence-corrected chi connectivity index (χ3v) is 2.93. The molecule has 0 spiro atoms. The van der Waals surface area contributed by atoms with E-state index in [9.17, 15) is 13.6 Å². The number of halogens is 2. The van der Waals surface area contributed by atoms with Crippen molar-refractivity contribution < 1.29 is 18.7 Å². The lowest BCUT2D eigenvalue weighted by atomic mass is 10.1. The Balaban J connectivity index is 2.33. The quantitative estimate of drug-likeness (QED) is 0.921. The van der Waals surface area contributed by atoms with Crippen LogP contribution in [-0.2, 0) is 12.5 Å². The standard InChI is InChI=1S/C14H13F2NO2/c1-10-7-8-17(12(10)13(18)19)9-14(15,16)11-5-3-2-4-6-11/h2-8H,9H2,1H3,(H,18,19). The average molecular weight is 265 g/mol. The first-order chi connectivity index (χ1) is 8.92. The van der Waals surface area contributed by atoms with Gasteiger partial charge in [-0.3, -0.25) is 0 Å². The second-order valence-corrected chi connectivity index (χ2v) is 4.35. The molecule has 0 bridgehead atoms. The second kappa shape index (κ2) is 4.84. The van der Waals surface area contributed by atoms with Crippen LogP contribution in [0.15, 0.2) is 42.6 Å². The van der Waals surface area contributed by atoms with E-state index in [0.717, 1.165) is 4.57 Å². The minimum absolute atomic E-state index is 0.101. The van der Waals surface area contributed by atoms with Crippen molar-refractivity contribution in [2.75, 3.05) is 0 Å². The van der Waals surface area contributed by atoms with Crippen molar-refractivity contribution in [2.24, 2.45) is 0 Å². The molecule has 0 atom stereocenters. The summed E-state index contributed by atoms with van der Waals surface area (Å²) in [5.41, 5.74) is 0.240. The maximum atomic E-state index is 14.1. The van der Waals surface area contributed by atoms with Crippen LogP contribution in [0.25, 0.3) is 0 Å². The average Bonchev–Trinajstić information content (AvgIpc) is 2.71. The van der Waals surface area contributed by atoms with Crippen LogP contribution in [0.1, 0.15) is 21.6 Å². The largest absolute Gasteiger partial charge is 0.477 e. The van der Waals surface area contributed by atoms with Crippen LogP contribution in [0.2, 0.25) is 0 Å². The molecule has 0 aliphatic heterocycles. The van der Waals surface area contributed by atoms with Gasteiger partial charge >= 0.3 is 5.97 Å². The molecular weight excluding hydrogens is 252 g/mol. The number of aromatic nitrogens is 1. The molecule has 1 heterocycles. The molecule has 0 saturated heterocycles. The number of rotatable bonds is 4. The van der Waals surface area contributed by atoms with Gasteiger partial charge in [0.15, 0.2) is 0 Å². The van der Waals surface area contributed by atoms with Gasteiger partial charge in [0.1, 0.15) is 5.69 Å². The molecule has 0 aliphatic carbocycles. The molecule has 5 heteroatoms. The maximum Gasteiger partial charge on any atom is 0.352 e. The molecule has 1 aromatic heterocycles. The van der Waals surface area contributed by atoms with Gasteiger partial charge in [0.05, 0.1) is 6.54 Å². The zero-order valence-electron chi connectivity index (χ0n) is 10.3. The summed E-state index contributed by atoms with van der Waals surface area (Å²) in [6, 6.07) is 8.89. The van der Waals surface area contributed by atoms with Crippen molar-refractivity contribution in [1.29, 1.82) is 0 Å². The maximum absolute atomic E-state index is 14.1. The molecular formula is C14H13F2NO2. The van der Waals surface area contributed by atoms with E-state index < -0.39 is 18.4 Å². The van der Waals surface area contributed by atoms with E-state index in [1.165, 1.54) is 36.5 Å². The predicted octanol–water partition coefficient (Wildman–Crippen LogP) is 3.29. The zero-order valence-corrected chi connectivity index (χ0v) is 10.3. The van der Waals surface area contributed by atoms with Gasteiger partial charge in [-0.25, -0.2) is 4.79 Å². The molecule has 1 aromatic carbocycles. The van der Waals surface area contributed by atoms with E-state index >= 15 is 0 Å². The van der Waals surface area contributed by atoms with E-state index in [4.69, 9.17) is 5.11 Å². The third-order valence-electron chi connectivity index (χ3n) is 2.93. The molecule has 0 aliphatic rings. The number of hydrogen-bond donors (Lipinski definition) is 1. The number of hydrogen-bond acceptors (Lipinski definition) is 1. The van der Waals surface area contributed by atoms with Crippen LogP contribution >= 0.6 is 0 Å². The van der Waals surface area contributed by atoms with Gasteiger partial charge in [-0.15, -0.1) is 0 Å². The molecule has 0 unspecified atom stereocenters. The highest BCUT2D eigenvalue weighted by molar-refractivity contribution is 5.87. The summed E-state index contributed by atoms with van der Waals surface area (Å²) in [5.74, 6) is -4.32. The first-order valence-corrected chi connectivity index (χ1v) is 5.74. The highest BCUT2D eigenvalue weighted by Gasteiger charge is 2.33. The van der Waals surface area contributed by atoms with Crippen LogP contribution in [-0.4, -0.2) is 15.6 Å². The minimum Gasteiger partial charge on any atom is -0.477 e. The van der Waals surface area contributed by atoms with Crippen molar-refractivity contribution in [1.82, 2.24) is 4.57 Å². The Morgan fingerprint density at radius 2 is 1.89 bits per heavy atom. The third kappa shape index (κ3) is 2.65. The normalized spacial score (nSPS) is 11.5. The number of nitrogens with zero attached hydrogens (tertiary/aromatic N) is 1. The smallest absolute Gasteiger partial charge is 0.352 e. The monoisotopic (exact) mass is 265 g/mol. The molecule has 2 rings (SSSR count). The van der Waals surface area contributed by atoms with Gasteiger partial charge in [0.25, 0.3) is 5.92 Å². The number of alkyl halides is 2. The van der Waals surface area contributed by atoms with Crippen molar-refractivity contribution in [3.8, 4) is 0 Å². The number of carbonyl (C=O) groups is 1. The fourth-order valence-electron chi connectivity index (χ4n) is 1.99. The number of benzene rings is 1. The lowest BCUT2D eigenvalue weighted by Crippen LogP contribution is -2.23. The minimum atomic E-state index is -3.11. The topological polar surface area (TPSA) is 42.2 Å². The molecule has 3 nitrogen and oxygen atoms in total. The van der Waals surface area contributed by atoms with Gasteiger partial charge < -0.3 is 9.67 Å². The summed E-state index contributed by atoms with van der Waals surface area (Å²) in [5, 5.41) is 9.04. The van der Waals surface area contributed by atoms with Crippen LogP contribution in [0, 0.1) is 6.92 Å². The molecule has 100 valence electrons. The highest BCUT2D eigenvalue weighted by atomic mass is 19.3. The SMILES string of the molecule is Cc1ccn(CC(F)(F)c2ccccc2)c1C(=O)O. The zero-order chi connectivity index (χ0) is 14.0. The van der Waals surface area contributed by atoms with Crippen LogP contribution < -0.4 is 0 Å². The molecule has 0 radical (unpaired) electrons. The summed E-state index contributed by atoms with van der Waals surface area (Å²) in [6.45, 7) is 0.896. The molecule has 0 fully saturated rings. The predicted molar refractivity (Wildman–Crippen MR) is 66.5 cm³/mol. The van der Waals surface area contributed by atoms with Gasteiger partial charge in [0, 0.05) is 11.8 Å². The molecule has 0 saturated carbocycles. The van der Waals surface area contributed by atoms with Gasteiger partial charge in [-0.05, 0) is 18.6 Å². The van der Waals surface area contributed by atoms with Gasteiger partial charge in [-0.2, -0.15) is 8.78 Å². The lowest BCUT2D eigenvalue weighted by Gasteiger charge is -2.18. The Morgan fingerprint density at radius 1 is 1.26 bits per heavy atom. The lowest BCUT2D eigenvalue weighted by molar-refractivity contribution is -0.0228. The summed E-state index contributed by atoms with van der Waals surface area (Å²) < 4.78 is 29.2. The molecule has 0 amide bonds. The van der Waals surface area contributed by atoms with E-state index in [1.54, 1.807) is 13.0 Å². The number of aromatic carboxylic acids is 1. The Labute approximate surface area is 109 Å². The van der Waals surface area contributed by atoms with Crippen molar-refractivity contribution in [2.45, 2.75) is 19.4 Å². The van der Waals surface area contributed by atoms with Crippen molar-refractivity contribution in [3.63, 3.8) is 0 Å². The Bertz CT molecular complexity index is 591. The van der Waals surface area contributed by atoms with E-state index in [2.05, 4.69) is 0 Å². The van der Waals surface area contributed by atoms with Crippen LogP contribution in [0.3, 0.4) is 0 Å². The number of aryl methyl sites for hydroxylation is 1. The van der Waals surface area contributed by atoms with E-state index in [0.29, 0.717) is 5.56 Å². The van der Waals surface area contributed by atoms with E-state index in [-0.39, 0.29) is 11.3 Å². The van der Waals surface area contributed by atoms with Crippen molar-refractivity contribution >= 4 is 5.97 Å². The molecule has 2 aromatic rings. The summed E-state index contributed by atoms with van der Waals surface area (Å²) >= 11 is 0. The molecule has 1 N–H and O–H groups in total. The van der Waals surface area contributed by atoms with Gasteiger partial charge in [-0.1, -0.05) is 30.3 Å². The number of carboxylic acid groups (broad SMARTS) is 1. The van der Waals surface area contributed by atoms with Crippen LogP contribution in [0.4, 0.5) is 8.78 Å². The Kier molecular flexibility index (Phi) is 3.38. The molecule has 19 heavy (non-hydrogen) atoms. The van der Waals surface area contributed by atoms with Gasteiger partial charge in [0.2, 0.25) is 0 Å². The Hall–Kier alpha value is -2.17. The van der Waals surface area contributed by atoms with Crippen molar-refractivity contribution in [3.05, 3.63) is 59.4 Å². The number of carboxylic acids is 1. The second-order valence-electron chi connectivity index (χ2n) is 4.35. The van der Waals surface area contributed by atoms with E-state index in [1.807, 2.05) is 0 Å². The fraction of sp³-hybridized carbons (Fsp3) is 0.214. The summed E-state index contributed by atoms with van der Waals surface area (Å²) in [7, 11) is 0.